The number of hydrogen-bond donors (Lipinski definition) is 1. The van der Waals surface area contributed by atoms with E-state index >= 15 is 0 Å². The Morgan fingerprint density at radius 1 is 1.07 bits per heavy atom. The summed E-state index contributed by atoms with van der Waals surface area (Å²) in [5.41, 5.74) is 1.17. The van der Waals surface area contributed by atoms with Gasteiger partial charge in [-0.15, -0.1) is 0 Å². The van der Waals surface area contributed by atoms with Crippen LogP contribution < -0.4 is 9.62 Å². The Bertz CT molecular complexity index is 1070. The fraction of sp³-hybridized carbons (Fsp3) is 0.0526. The summed E-state index contributed by atoms with van der Waals surface area (Å²) in [7, 11) is -2.42. The van der Waals surface area contributed by atoms with Crippen LogP contribution in [0.4, 0.5) is 11.4 Å². The van der Waals surface area contributed by atoms with Crippen LogP contribution >= 0.6 is 11.6 Å². The fourth-order valence-electron chi connectivity index (χ4n) is 2.41. The van der Waals surface area contributed by atoms with Crippen molar-refractivity contribution in [3.8, 4) is 0 Å². The molecule has 0 atom stereocenters. The molecule has 3 rings (SSSR count). The zero-order valence-corrected chi connectivity index (χ0v) is 15.9. The van der Waals surface area contributed by atoms with E-state index in [1.807, 2.05) is 0 Å². The summed E-state index contributed by atoms with van der Waals surface area (Å²) < 4.78 is 27.0. The lowest BCUT2D eigenvalue weighted by Gasteiger charge is -2.20. The number of pyridine rings is 1. The quantitative estimate of drug-likeness (QED) is 0.705. The second-order valence-electron chi connectivity index (χ2n) is 5.68. The van der Waals surface area contributed by atoms with Crippen LogP contribution in [0.5, 0.6) is 0 Å². The Labute approximate surface area is 162 Å². The molecule has 27 heavy (non-hydrogen) atoms. The number of rotatable bonds is 5. The number of halogens is 1. The first-order valence-corrected chi connectivity index (χ1v) is 9.76. The molecule has 2 aromatic carbocycles. The van der Waals surface area contributed by atoms with E-state index in [0.717, 1.165) is 4.31 Å². The highest BCUT2D eigenvalue weighted by Crippen LogP contribution is 2.25. The van der Waals surface area contributed by atoms with Gasteiger partial charge in [0.15, 0.2) is 0 Å². The maximum absolute atomic E-state index is 12.9. The minimum atomic E-state index is -3.86. The number of hydrogen-bond acceptors (Lipinski definition) is 4. The van der Waals surface area contributed by atoms with Crippen LogP contribution in [0.1, 0.15) is 10.4 Å². The molecule has 0 unspecified atom stereocenters. The molecule has 0 aliphatic carbocycles. The molecule has 1 N–H and O–H groups in total. The summed E-state index contributed by atoms with van der Waals surface area (Å²) in [5, 5.41) is 3.11. The second-order valence-corrected chi connectivity index (χ2v) is 8.08. The average molecular weight is 402 g/mol. The minimum Gasteiger partial charge on any atom is -0.321 e. The highest BCUT2D eigenvalue weighted by molar-refractivity contribution is 7.92. The molecule has 0 bridgehead atoms. The van der Waals surface area contributed by atoms with Crippen LogP contribution in [0.3, 0.4) is 0 Å². The molecule has 3 aromatic rings. The number of nitrogens with one attached hydrogen (secondary N) is 1. The highest BCUT2D eigenvalue weighted by Gasteiger charge is 2.22. The molecule has 138 valence electrons. The van der Waals surface area contributed by atoms with E-state index < -0.39 is 15.9 Å². The third-order valence-electron chi connectivity index (χ3n) is 3.85. The van der Waals surface area contributed by atoms with Crippen molar-refractivity contribution < 1.29 is 13.2 Å². The molecule has 0 spiro atoms. The van der Waals surface area contributed by atoms with E-state index in [9.17, 15) is 13.2 Å². The molecule has 0 aliphatic rings. The summed E-state index contributed by atoms with van der Waals surface area (Å²) in [4.78, 5) is 16.3. The average Bonchev–Trinajstić information content (AvgIpc) is 2.68. The molecule has 0 aliphatic heterocycles. The Hall–Kier alpha value is -2.90. The highest BCUT2D eigenvalue weighted by atomic mass is 35.5. The van der Waals surface area contributed by atoms with Gasteiger partial charge in [0, 0.05) is 23.8 Å². The van der Waals surface area contributed by atoms with Crippen molar-refractivity contribution in [2.45, 2.75) is 4.90 Å². The fourth-order valence-corrected chi connectivity index (χ4v) is 3.82. The molecule has 1 amide bonds. The molecule has 0 fully saturated rings. The maximum atomic E-state index is 12.9. The maximum Gasteiger partial charge on any atom is 0.264 e. The lowest BCUT2D eigenvalue weighted by Crippen LogP contribution is -2.26. The van der Waals surface area contributed by atoms with Gasteiger partial charge in [-0.25, -0.2) is 8.42 Å². The summed E-state index contributed by atoms with van der Waals surface area (Å²) in [6.07, 6.45) is 3.10. The summed E-state index contributed by atoms with van der Waals surface area (Å²) >= 11 is 5.95. The van der Waals surface area contributed by atoms with Gasteiger partial charge >= 0.3 is 0 Å². The van der Waals surface area contributed by atoms with Gasteiger partial charge < -0.3 is 5.32 Å². The Morgan fingerprint density at radius 2 is 1.85 bits per heavy atom. The number of nitrogens with zero attached hydrogens (tertiary/aromatic N) is 2. The van der Waals surface area contributed by atoms with Gasteiger partial charge in [-0.2, -0.15) is 0 Å². The number of aromatic nitrogens is 1. The van der Waals surface area contributed by atoms with Crippen LogP contribution in [0.15, 0.2) is 78.0 Å². The lowest BCUT2D eigenvalue weighted by molar-refractivity contribution is 0.102. The van der Waals surface area contributed by atoms with Crippen molar-refractivity contribution in [3.63, 3.8) is 0 Å². The number of amides is 1. The third kappa shape index (κ3) is 4.27. The zero-order valence-electron chi connectivity index (χ0n) is 14.3. The van der Waals surface area contributed by atoms with E-state index in [1.54, 1.807) is 48.7 Å². The van der Waals surface area contributed by atoms with Gasteiger partial charge in [0.05, 0.1) is 22.5 Å². The first-order valence-electron chi connectivity index (χ1n) is 7.94. The van der Waals surface area contributed by atoms with Gasteiger partial charge in [0.2, 0.25) is 0 Å². The van der Waals surface area contributed by atoms with Gasteiger partial charge in [0.1, 0.15) is 0 Å². The molecule has 6 nitrogen and oxygen atoms in total. The van der Waals surface area contributed by atoms with E-state index in [4.69, 9.17) is 11.6 Å². The molecule has 0 radical (unpaired) electrons. The minimum absolute atomic E-state index is 0.00353. The summed E-state index contributed by atoms with van der Waals surface area (Å²) in [5.74, 6) is -0.426. The Kier molecular flexibility index (Phi) is 5.43. The molecule has 0 saturated carbocycles. The van der Waals surface area contributed by atoms with E-state index in [1.165, 1.54) is 31.4 Å². The van der Waals surface area contributed by atoms with Gasteiger partial charge in [-0.05, 0) is 48.5 Å². The number of sulfonamides is 1. The molecular weight excluding hydrogens is 386 g/mol. The molecule has 8 heteroatoms. The lowest BCUT2D eigenvalue weighted by atomic mass is 10.2. The second kappa shape index (κ2) is 7.77. The predicted octanol–water partition coefficient (Wildman–Crippen LogP) is 3.81. The van der Waals surface area contributed by atoms with Crippen molar-refractivity contribution >= 4 is 38.9 Å². The first kappa shape index (κ1) is 18.9. The standard InChI is InChI=1S/C19H16ClN3O3S/c1-23(17-8-3-6-15(20)12-17)27(25,26)18-9-2-5-14(11-18)19(24)22-16-7-4-10-21-13-16/h2-13H,1H3,(H,22,24). The van der Waals surface area contributed by atoms with Crippen molar-refractivity contribution in [1.29, 1.82) is 0 Å². The van der Waals surface area contributed by atoms with Crippen molar-refractivity contribution in [2.75, 3.05) is 16.7 Å². The van der Waals surface area contributed by atoms with Gasteiger partial charge in [-0.3, -0.25) is 14.1 Å². The number of benzene rings is 2. The molecule has 0 saturated heterocycles. The number of carbonyl (C=O) groups is 1. The molecular formula is C19H16ClN3O3S. The van der Waals surface area contributed by atoms with E-state index in [-0.39, 0.29) is 10.5 Å². The van der Waals surface area contributed by atoms with E-state index in [0.29, 0.717) is 16.4 Å². The van der Waals surface area contributed by atoms with Crippen LogP contribution in [0.2, 0.25) is 5.02 Å². The van der Waals surface area contributed by atoms with Crippen molar-refractivity contribution in [1.82, 2.24) is 4.98 Å². The van der Waals surface area contributed by atoms with Crippen molar-refractivity contribution in [2.24, 2.45) is 0 Å². The third-order valence-corrected chi connectivity index (χ3v) is 5.86. The topological polar surface area (TPSA) is 79.4 Å². The summed E-state index contributed by atoms with van der Waals surface area (Å²) in [6, 6.07) is 15.8. The smallest absolute Gasteiger partial charge is 0.264 e. The van der Waals surface area contributed by atoms with Crippen LogP contribution in [0.25, 0.3) is 0 Å². The molecule has 1 heterocycles. The van der Waals surface area contributed by atoms with Gasteiger partial charge in [-0.1, -0.05) is 23.7 Å². The molecule has 1 aromatic heterocycles. The number of anilines is 2. The number of carbonyl (C=O) groups excluding carboxylic acids is 1. The normalized spacial score (nSPS) is 11.0. The summed E-state index contributed by atoms with van der Waals surface area (Å²) in [6.45, 7) is 0. The first-order chi connectivity index (χ1) is 12.9. The monoisotopic (exact) mass is 401 g/mol. The van der Waals surface area contributed by atoms with E-state index in [2.05, 4.69) is 10.3 Å². The van der Waals surface area contributed by atoms with Gasteiger partial charge in [0.25, 0.3) is 15.9 Å². The van der Waals surface area contributed by atoms with Crippen LogP contribution in [0, 0.1) is 0 Å². The van der Waals surface area contributed by atoms with Crippen molar-refractivity contribution in [3.05, 3.63) is 83.6 Å². The zero-order chi connectivity index (χ0) is 19.4. The van der Waals surface area contributed by atoms with Crippen LogP contribution in [-0.2, 0) is 10.0 Å². The SMILES string of the molecule is CN(c1cccc(Cl)c1)S(=O)(=O)c1cccc(C(=O)Nc2cccnc2)c1. The Balaban J connectivity index is 1.88. The Morgan fingerprint density at radius 3 is 2.56 bits per heavy atom. The largest absolute Gasteiger partial charge is 0.321 e. The van der Waals surface area contributed by atoms with Crippen LogP contribution in [-0.4, -0.2) is 26.4 Å². The predicted molar refractivity (Wildman–Crippen MR) is 106 cm³/mol.